The molecule has 0 saturated heterocycles. The Hall–Kier alpha value is -3.79. The zero-order valence-electron chi connectivity index (χ0n) is 15.1. The summed E-state index contributed by atoms with van der Waals surface area (Å²) in [7, 11) is 1.35. The van der Waals surface area contributed by atoms with Crippen molar-refractivity contribution in [3.05, 3.63) is 75.2 Å². The summed E-state index contributed by atoms with van der Waals surface area (Å²) in [6.45, 7) is 0. The number of benzene rings is 2. The Bertz CT molecular complexity index is 1100. The average Bonchev–Trinajstić information content (AvgIpc) is 3.15. The molecule has 0 aliphatic rings. The monoisotopic (exact) mass is 413 g/mol. The molecule has 148 valence electrons. The first kappa shape index (κ1) is 20.0. The van der Waals surface area contributed by atoms with Crippen LogP contribution in [0.25, 0.3) is 10.1 Å². The number of rotatable bonds is 5. The highest BCUT2D eigenvalue weighted by molar-refractivity contribution is 7.20. The number of nitro benzene ring substituents is 1. The standard InChI is InChI=1S/C19H15N3O6S/c1-20-19(25)21-17(23)16(11-5-3-2-4-6-11)28-18(24)15-10-12-9-13(22(26)27)7-8-14(12)29-15/h2-10,16H,1H3,(H2,20,21,23,25)/t16-/m0/s1. The van der Waals surface area contributed by atoms with Gasteiger partial charge in [-0.2, -0.15) is 0 Å². The fourth-order valence-corrected chi connectivity index (χ4v) is 3.48. The van der Waals surface area contributed by atoms with Crippen molar-refractivity contribution < 1.29 is 24.0 Å². The zero-order valence-corrected chi connectivity index (χ0v) is 15.9. The van der Waals surface area contributed by atoms with Crippen molar-refractivity contribution in [1.82, 2.24) is 10.6 Å². The van der Waals surface area contributed by atoms with Crippen LogP contribution < -0.4 is 10.6 Å². The lowest BCUT2D eigenvalue weighted by molar-refractivity contribution is -0.384. The molecule has 0 aliphatic carbocycles. The van der Waals surface area contributed by atoms with E-state index in [0.717, 1.165) is 11.3 Å². The van der Waals surface area contributed by atoms with E-state index in [1.807, 2.05) is 0 Å². The van der Waals surface area contributed by atoms with E-state index in [-0.39, 0.29) is 10.6 Å². The summed E-state index contributed by atoms with van der Waals surface area (Å²) in [5.41, 5.74) is 0.293. The van der Waals surface area contributed by atoms with Gasteiger partial charge in [-0.25, -0.2) is 9.59 Å². The molecular formula is C19H15N3O6S. The molecule has 1 heterocycles. The number of nitrogens with zero attached hydrogens (tertiary/aromatic N) is 1. The summed E-state index contributed by atoms with van der Waals surface area (Å²) in [4.78, 5) is 47.1. The number of imide groups is 1. The van der Waals surface area contributed by atoms with E-state index in [4.69, 9.17) is 4.74 Å². The molecule has 0 spiro atoms. The van der Waals surface area contributed by atoms with Crippen LogP contribution >= 0.6 is 11.3 Å². The normalized spacial score (nSPS) is 11.5. The minimum Gasteiger partial charge on any atom is -0.443 e. The maximum absolute atomic E-state index is 12.7. The molecule has 0 unspecified atom stereocenters. The number of amides is 3. The summed E-state index contributed by atoms with van der Waals surface area (Å²) in [6.07, 6.45) is -1.35. The van der Waals surface area contributed by atoms with E-state index in [1.54, 1.807) is 36.4 Å². The fraction of sp³-hybridized carbons (Fsp3) is 0.105. The molecule has 10 heteroatoms. The molecule has 1 atom stereocenters. The maximum atomic E-state index is 12.7. The van der Waals surface area contributed by atoms with Crippen molar-refractivity contribution in [2.45, 2.75) is 6.10 Å². The summed E-state index contributed by atoms with van der Waals surface area (Å²) < 4.78 is 6.04. The van der Waals surface area contributed by atoms with Gasteiger partial charge in [-0.05, 0) is 12.1 Å². The Morgan fingerprint density at radius 1 is 1.10 bits per heavy atom. The van der Waals surface area contributed by atoms with E-state index < -0.39 is 28.9 Å². The highest BCUT2D eigenvalue weighted by Crippen LogP contribution is 2.30. The molecule has 0 radical (unpaired) electrons. The van der Waals surface area contributed by atoms with Gasteiger partial charge in [0.15, 0.2) is 0 Å². The van der Waals surface area contributed by atoms with Crippen molar-refractivity contribution >= 4 is 45.0 Å². The number of nitro groups is 1. The van der Waals surface area contributed by atoms with Crippen molar-refractivity contribution in [3.63, 3.8) is 0 Å². The van der Waals surface area contributed by atoms with Gasteiger partial charge in [-0.1, -0.05) is 30.3 Å². The molecule has 3 rings (SSSR count). The van der Waals surface area contributed by atoms with Crippen LogP contribution in [-0.4, -0.2) is 29.9 Å². The highest BCUT2D eigenvalue weighted by Gasteiger charge is 2.27. The van der Waals surface area contributed by atoms with Crippen LogP contribution in [0.5, 0.6) is 0 Å². The van der Waals surface area contributed by atoms with Gasteiger partial charge in [0.05, 0.1) is 4.92 Å². The highest BCUT2D eigenvalue weighted by atomic mass is 32.1. The second-order valence-corrected chi connectivity index (χ2v) is 6.94. The Kier molecular flexibility index (Phi) is 5.84. The van der Waals surface area contributed by atoms with Crippen LogP contribution in [0, 0.1) is 10.1 Å². The van der Waals surface area contributed by atoms with Gasteiger partial charge < -0.3 is 10.1 Å². The molecule has 3 amide bonds. The number of thiophene rings is 1. The van der Waals surface area contributed by atoms with Crippen molar-refractivity contribution in [2.75, 3.05) is 7.05 Å². The summed E-state index contributed by atoms with van der Waals surface area (Å²) in [5, 5.41) is 15.8. The number of carbonyl (C=O) groups is 3. The fourth-order valence-electron chi connectivity index (χ4n) is 2.55. The number of non-ortho nitro benzene ring substituents is 1. The van der Waals surface area contributed by atoms with Gasteiger partial charge >= 0.3 is 12.0 Å². The number of carbonyl (C=O) groups excluding carboxylic acids is 3. The Morgan fingerprint density at radius 3 is 2.48 bits per heavy atom. The minimum atomic E-state index is -1.35. The largest absolute Gasteiger partial charge is 0.443 e. The summed E-state index contributed by atoms with van der Waals surface area (Å²) >= 11 is 1.08. The predicted octanol–water partition coefficient (Wildman–Crippen LogP) is 3.16. The summed E-state index contributed by atoms with van der Waals surface area (Å²) in [5.74, 6) is -1.59. The molecule has 2 N–H and O–H groups in total. The predicted molar refractivity (Wildman–Crippen MR) is 106 cm³/mol. The second kappa shape index (κ2) is 8.48. The van der Waals surface area contributed by atoms with Gasteiger partial charge in [0, 0.05) is 34.8 Å². The first-order chi connectivity index (χ1) is 13.9. The van der Waals surface area contributed by atoms with E-state index in [0.29, 0.717) is 15.6 Å². The molecule has 0 aliphatic heterocycles. The first-order valence-corrected chi connectivity index (χ1v) is 9.17. The van der Waals surface area contributed by atoms with Crippen LogP contribution in [0.1, 0.15) is 21.3 Å². The molecule has 0 bridgehead atoms. The zero-order chi connectivity index (χ0) is 21.0. The van der Waals surface area contributed by atoms with E-state index in [9.17, 15) is 24.5 Å². The van der Waals surface area contributed by atoms with Crippen molar-refractivity contribution in [3.8, 4) is 0 Å². The average molecular weight is 413 g/mol. The molecular weight excluding hydrogens is 398 g/mol. The minimum absolute atomic E-state index is 0.0951. The quantitative estimate of drug-likeness (QED) is 0.376. The Balaban J connectivity index is 1.87. The van der Waals surface area contributed by atoms with E-state index in [1.165, 1.54) is 25.2 Å². The third kappa shape index (κ3) is 4.55. The van der Waals surface area contributed by atoms with Crippen molar-refractivity contribution in [2.24, 2.45) is 0 Å². The topological polar surface area (TPSA) is 128 Å². The third-order valence-electron chi connectivity index (χ3n) is 3.94. The van der Waals surface area contributed by atoms with Gasteiger partial charge in [0.2, 0.25) is 6.10 Å². The van der Waals surface area contributed by atoms with Crippen LogP contribution in [0.4, 0.5) is 10.5 Å². The van der Waals surface area contributed by atoms with Crippen molar-refractivity contribution in [1.29, 1.82) is 0 Å². The number of hydrogen-bond acceptors (Lipinski definition) is 7. The number of esters is 1. The lowest BCUT2D eigenvalue weighted by atomic mass is 10.1. The van der Waals surface area contributed by atoms with Crippen LogP contribution in [0.15, 0.2) is 54.6 Å². The van der Waals surface area contributed by atoms with Gasteiger partial charge in [-0.3, -0.25) is 20.2 Å². The lowest BCUT2D eigenvalue weighted by Gasteiger charge is -2.17. The van der Waals surface area contributed by atoms with E-state index >= 15 is 0 Å². The maximum Gasteiger partial charge on any atom is 0.349 e. The van der Waals surface area contributed by atoms with Crippen LogP contribution in [0.3, 0.4) is 0 Å². The molecule has 0 fully saturated rings. The molecule has 3 aromatic rings. The number of fused-ring (bicyclic) bond motifs is 1. The van der Waals surface area contributed by atoms with Gasteiger partial charge in [0.25, 0.3) is 11.6 Å². The SMILES string of the molecule is CNC(=O)NC(=O)[C@@H](OC(=O)c1cc2cc([N+](=O)[O-])ccc2s1)c1ccccc1. The Morgan fingerprint density at radius 2 is 1.83 bits per heavy atom. The van der Waals surface area contributed by atoms with Crippen LogP contribution in [-0.2, 0) is 9.53 Å². The molecule has 0 saturated carbocycles. The number of nitrogens with one attached hydrogen (secondary N) is 2. The molecule has 1 aromatic heterocycles. The smallest absolute Gasteiger partial charge is 0.349 e. The number of hydrogen-bond donors (Lipinski definition) is 2. The number of urea groups is 1. The van der Waals surface area contributed by atoms with Gasteiger partial charge in [0.1, 0.15) is 4.88 Å². The lowest BCUT2D eigenvalue weighted by Crippen LogP contribution is -2.41. The molecule has 2 aromatic carbocycles. The Labute approximate surface area is 168 Å². The second-order valence-electron chi connectivity index (χ2n) is 5.85. The molecule has 9 nitrogen and oxygen atoms in total. The summed E-state index contributed by atoms with van der Waals surface area (Å²) in [6, 6.07) is 13.2. The van der Waals surface area contributed by atoms with Crippen LogP contribution in [0.2, 0.25) is 0 Å². The van der Waals surface area contributed by atoms with Gasteiger partial charge in [-0.15, -0.1) is 11.3 Å². The van der Waals surface area contributed by atoms with E-state index in [2.05, 4.69) is 10.6 Å². The first-order valence-electron chi connectivity index (χ1n) is 8.35. The third-order valence-corrected chi connectivity index (χ3v) is 5.04. The molecule has 29 heavy (non-hydrogen) atoms. The number of ether oxygens (including phenoxy) is 1.